The van der Waals surface area contributed by atoms with Crippen LogP contribution in [0.25, 0.3) is 0 Å². The lowest BCUT2D eigenvalue weighted by Gasteiger charge is -2.10. The first kappa shape index (κ1) is 12.2. The zero-order valence-electron chi connectivity index (χ0n) is 8.08. The molecule has 0 fully saturated rings. The maximum absolute atomic E-state index is 6.10. The van der Waals surface area contributed by atoms with Gasteiger partial charge < -0.3 is 5.73 Å². The highest BCUT2D eigenvalue weighted by atomic mass is 35.5. The minimum Gasteiger partial charge on any atom is -0.320 e. The predicted molar refractivity (Wildman–Crippen MR) is 71.8 cm³/mol. The molecule has 0 aliphatic carbocycles. The summed E-state index contributed by atoms with van der Waals surface area (Å²) in [6.07, 6.45) is 0. The van der Waals surface area contributed by atoms with Crippen molar-refractivity contribution in [1.29, 1.82) is 0 Å². The smallest absolute Gasteiger partial charge is 0.0931 e. The number of halogens is 3. The van der Waals surface area contributed by atoms with Gasteiger partial charge in [-0.15, -0.1) is 11.3 Å². The third-order valence-corrected chi connectivity index (χ3v) is 3.90. The first-order valence-corrected chi connectivity index (χ1v) is 6.48. The lowest BCUT2D eigenvalue weighted by atomic mass is 10.1. The largest absolute Gasteiger partial charge is 0.320 e. The molecule has 0 amide bonds. The zero-order chi connectivity index (χ0) is 11.7. The molecule has 0 aliphatic heterocycles. The summed E-state index contributed by atoms with van der Waals surface area (Å²) >= 11 is 19.2. The van der Waals surface area contributed by atoms with Gasteiger partial charge in [0.15, 0.2) is 0 Å². The number of nitrogens with two attached hydrogens (primary N) is 1. The summed E-state index contributed by atoms with van der Waals surface area (Å²) in [6.45, 7) is 0. The molecule has 1 aromatic heterocycles. The molecule has 16 heavy (non-hydrogen) atoms. The summed E-state index contributed by atoms with van der Waals surface area (Å²) in [4.78, 5) is 0.989. The van der Waals surface area contributed by atoms with Crippen molar-refractivity contribution < 1.29 is 0 Å². The summed E-state index contributed by atoms with van der Waals surface area (Å²) in [6, 6.07) is 8.80. The Morgan fingerprint density at radius 2 is 1.62 bits per heavy atom. The topological polar surface area (TPSA) is 26.0 Å². The maximum Gasteiger partial charge on any atom is 0.0931 e. The van der Waals surface area contributed by atoms with Gasteiger partial charge in [0.05, 0.1) is 10.4 Å². The van der Waals surface area contributed by atoms with Crippen molar-refractivity contribution in [3.05, 3.63) is 55.2 Å². The van der Waals surface area contributed by atoms with Crippen LogP contribution < -0.4 is 5.73 Å². The van der Waals surface area contributed by atoms with E-state index in [1.54, 1.807) is 6.07 Å². The van der Waals surface area contributed by atoms with Gasteiger partial charge in [-0.25, -0.2) is 0 Å². The normalized spacial score (nSPS) is 12.8. The average Bonchev–Trinajstić information content (AvgIpc) is 2.62. The van der Waals surface area contributed by atoms with Crippen molar-refractivity contribution in [2.45, 2.75) is 6.04 Å². The lowest BCUT2D eigenvalue weighted by Crippen LogP contribution is -2.09. The highest BCUT2D eigenvalue weighted by Crippen LogP contribution is 2.31. The molecular formula is C11H8Cl3NS. The Balaban J connectivity index is 2.37. The number of thiophene rings is 1. The van der Waals surface area contributed by atoms with Crippen molar-refractivity contribution >= 4 is 46.1 Å². The molecule has 2 N–H and O–H groups in total. The van der Waals surface area contributed by atoms with E-state index in [1.165, 1.54) is 11.3 Å². The predicted octanol–water partition coefficient (Wildman–Crippen LogP) is 4.76. The van der Waals surface area contributed by atoms with E-state index in [-0.39, 0.29) is 6.04 Å². The Bertz CT molecular complexity index is 489. The van der Waals surface area contributed by atoms with Gasteiger partial charge in [0, 0.05) is 14.9 Å². The number of rotatable bonds is 2. The molecule has 2 aromatic rings. The summed E-state index contributed by atoms with van der Waals surface area (Å²) < 4.78 is 0.721. The molecule has 0 bridgehead atoms. The summed E-state index contributed by atoms with van der Waals surface area (Å²) in [5.74, 6) is 0. The lowest BCUT2D eigenvalue weighted by molar-refractivity contribution is 0.894. The standard InChI is InChI=1S/C11H8Cl3NS/c12-7-3-6(4-8(13)5-7)11(15)9-1-2-10(14)16-9/h1-5,11H,15H2. The SMILES string of the molecule is NC(c1cc(Cl)cc(Cl)c1)c1ccc(Cl)s1. The van der Waals surface area contributed by atoms with Crippen LogP contribution in [0.15, 0.2) is 30.3 Å². The van der Waals surface area contributed by atoms with Gasteiger partial charge in [-0.2, -0.15) is 0 Å². The zero-order valence-corrected chi connectivity index (χ0v) is 11.2. The summed E-state index contributed by atoms with van der Waals surface area (Å²) in [5.41, 5.74) is 6.99. The van der Waals surface area contributed by atoms with Crippen molar-refractivity contribution in [3.63, 3.8) is 0 Å². The van der Waals surface area contributed by atoms with E-state index in [4.69, 9.17) is 40.5 Å². The molecular weight excluding hydrogens is 285 g/mol. The van der Waals surface area contributed by atoms with E-state index in [9.17, 15) is 0 Å². The van der Waals surface area contributed by atoms with E-state index >= 15 is 0 Å². The van der Waals surface area contributed by atoms with Crippen LogP contribution in [-0.2, 0) is 0 Å². The van der Waals surface area contributed by atoms with Crippen LogP contribution in [0.3, 0.4) is 0 Å². The maximum atomic E-state index is 6.10. The molecule has 0 spiro atoms. The minimum atomic E-state index is -0.242. The van der Waals surface area contributed by atoms with E-state index < -0.39 is 0 Å². The molecule has 0 aliphatic rings. The van der Waals surface area contributed by atoms with Crippen LogP contribution >= 0.6 is 46.1 Å². The van der Waals surface area contributed by atoms with Gasteiger partial charge in [0.1, 0.15) is 0 Å². The van der Waals surface area contributed by atoms with Crippen molar-refractivity contribution in [3.8, 4) is 0 Å². The monoisotopic (exact) mass is 291 g/mol. The highest BCUT2D eigenvalue weighted by Gasteiger charge is 2.12. The Kier molecular flexibility index (Phi) is 3.77. The number of hydrogen-bond acceptors (Lipinski definition) is 2. The Morgan fingerprint density at radius 1 is 1.00 bits per heavy atom. The molecule has 84 valence electrons. The second-order valence-electron chi connectivity index (χ2n) is 3.32. The first-order chi connectivity index (χ1) is 7.56. The van der Waals surface area contributed by atoms with E-state index in [1.807, 2.05) is 24.3 Å². The second kappa shape index (κ2) is 4.94. The van der Waals surface area contributed by atoms with Gasteiger partial charge >= 0.3 is 0 Å². The van der Waals surface area contributed by atoms with Crippen molar-refractivity contribution in [2.75, 3.05) is 0 Å². The first-order valence-electron chi connectivity index (χ1n) is 4.53. The van der Waals surface area contributed by atoms with Crippen LogP contribution in [0, 0.1) is 0 Å². The van der Waals surface area contributed by atoms with Gasteiger partial charge in [0.2, 0.25) is 0 Å². The van der Waals surface area contributed by atoms with Gasteiger partial charge in [-0.05, 0) is 35.9 Å². The van der Waals surface area contributed by atoms with Crippen molar-refractivity contribution in [1.82, 2.24) is 0 Å². The minimum absolute atomic E-state index is 0.242. The van der Waals surface area contributed by atoms with Crippen LogP contribution in [0.4, 0.5) is 0 Å². The number of benzene rings is 1. The van der Waals surface area contributed by atoms with Gasteiger partial charge in [0.25, 0.3) is 0 Å². The Labute approximate surface area is 113 Å². The molecule has 0 radical (unpaired) electrons. The fourth-order valence-electron chi connectivity index (χ4n) is 1.41. The Morgan fingerprint density at radius 3 is 2.12 bits per heavy atom. The van der Waals surface area contributed by atoms with E-state index in [0.29, 0.717) is 10.0 Å². The molecule has 1 nitrogen and oxygen atoms in total. The molecule has 1 atom stereocenters. The van der Waals surface area contributed by atoms with Crippen LogP contribution in [0.5, 0.6) is 0 Å². The van der Waals surface area contributed by atoms with Crippen molar-refractivity contribution in [2.24, 2.45) is 5.73 Å². The van der Waals surface area contributed by atoms with E-state index in [0.717, 1.165) is 14.8 Å². The van der Waals surface area contributed by atoms with Crippen LogP contribution in [-0.4, -0.2) is 0 Å². The molecule has 1 heterocycles. The molecule has 1 aromatic carbocycles. The molecule has 0 saturated carbocycles. The number of hydrogen-bond donors (Lipinski definition) is 1. The molecule has 1 unspecified atom stereocenters. The van der Waals surface area contributed by atoms with Crippen LogP contribution in [0.2, 0.25) is 14.4 Å². The third kappa shape index (κ3) is 2.70. The fraction of sp³-hybridized carbons (Fsp3) is 0.0909. The highest BCUT2D eigenvalue weighted by molar-refractivity contribution is 7.16. The quantitative estimate of drug-likeness (QED) is 0.849. The molecule has 5 heteroatoms. The molecule has 2 rings (SSSR count). The Hall–Kier alpha value is -0.250. The second-order valence-corrected chi connectivity index (χ2v) is 5.94. The third-order valence-electron chi connectivity index (χ3n) is 2.14. The summed E-state index contributed by atoms with van der Waals surface area (Å²) in [5, 5.41) is 1.17. The van der Waals surface area contributed by atoms with Crippen LogP contribution in [0.1, 0.15) is 16.5 Å². The van der Waals surface area contributed by atoms with Gasteiger partial charge in [-0.3, -0.25) is 0 Å². The van der Waals surface area contributed by atoms with Gasteiger partial charge in [-0.1, -0.05) is 34.8 Å². The molecule has 0 saturated heterocycles. The van der Waals surface area contributed by atoms with E-state index in [2.05, 4.69) is 0 Å². The average molecular weight is 293 g/mol. The fourth-order valence-corrected chi connectivity index (χ4v) is 3.05. The summed E-state index contributed by atoms with van der Waals surface area (Å²) in [7, 11) is 0.